The van der Waals surface area contributed by atoms with Crippen LogP contribution in [0.25, 0.3) is 6.08 Å². The lowest BCUT2D eigenvalue weighted by Crippen LogP contribution is -2.33. The number of halogens is 1. The predicted molar refractivity (Wildman–Crippen MR) is 159 cm³/mol. The standard InChI is InChI=1S/C34H37FN2O5/c1-40-30-14-10-25(32(41-2)33(30)42-3)11-15-31(38)37-21-27-16-18-36(19-17-28(27)22-37)34(39)26-8-4-23(5-9-26)20-24-6-12-29(35)13-7-24/h4-15,27-28H,16-22H2,1-3H3/b15-11+/t27-,28+. The van der Waals surface area contributed by atoms with E-state index in [4.69, 9.17) is 14.2 Å². The van der Waals surface area contributed by atoms with Crippen LogP contribution in [-0.4, -0.2) is 69.1 Å². The van der Waals surface area contributed by atoms with Crippen LogP contribution in [0.3, 0.4) is 0 Å². The third kappa shape index (κ3) is 6.43. The van der Waals surface area contributed by atoms with Gasteiger partial charge in [-0.05, 0) is 84.7 Å². The van der Waals surface area contributed by atoms with Crippen molar-refractivity contribution in [2.75, 3.05) is 47.5 Å². The van der Waals surface area contributed by atoms with Gasteiger partial charge in [0.05, 0.1) is 21.3 Å². The number of methoxy groups -OCH3 is 3. The summed E-state index contributed by atoms with van der Waals surface area (Å²) >= 11 is 0. The van der Waals surface area contributed by atoms with Gasteiger partial charge in [-0.25, -0.2) is 4.39 Å². The highest BCUT2D eigenvalue weighted by Crippen LogP contribution is 2.40. The minimum absolute atomic E-state index is 0.0337. The molecule has 2 atom stereocenters. The second-order valence-electron chi connectivity index (χ2n) is 10.9. The highest BCUT2D eigenvalue weighted by molar-refractivity contribution is 5.94. The van der Waals surface area contributed by atoms with Gasteiger partial charge in [0.25, 0.3) is 5.91 Å². The second kappa shape index (κ2) is 13.1. The van der Waals surface area contributed by atoms with Crippen LogP contribution in [0, 0.1) is 17.7 Å². The first kappa shape index (κ1) is 29.2. The maximum atomic E-state index is 13.3. The molecule has 2 aliphatic heterocycles. The Labute approximate surface area is 246 Å². The Balaban J connectivity index is 1.16. The van der Waals surface area contributed by atoms with E-state index < -0.39 is 0 Å². The molecule has 8 heteroatoms. The first-order valence-corrected chi connectivity index (χ1v) is 14.3. The van der Waals surface area contributed by atoms with Gasteiger partial charge >= 0.3 is 0 Å². The van der Waals surface area contributed by atoms with Gasteiger partial charge in [-0.3, -0.25) is 9.59 Å². The quantitative estimate of drug-likeness (QED) is 0.335. The Morgan fingerprint density at radius 1 is 0.786 bits per heavy atom. The van der Waals surface area contributed by atoms with E-state index in [9.17, 15) is 14.0 Å². The normalized spacial score (nSPS) is 18.5. The molecule has 42 heavy (non-hydrogen) atoms. The highest BCUT2D eigenvalue weighted by Gasteiger charge is 2.37. The first-order valence-electron chi connectivity index (χ1n) is 14.3. The van der Waals surface area contributed by atoms with Crippen LogP contribution < -0.4 is 14.2 Å². The second-order valence-corrected chi connectivity index (χ2v) is 10.9. The summed E-state index contributed by atoms with van der Waals surface area (Å²) < 4.78 is 29.5. The van der Waals surface area contributed by atoms with Gasteiger partial charge in [-0.1, -0.05) is 24.3 Å². The van der Waals surface area contributed by atoms with Gasteiger partial charge in [0.1, 0.15) is 5.82 Å². The summed E-state index contributed by atoms with van der Waals surface area (Å²) in [5, 5.41) is 0. The molecule has 5 rings (SSSR count). The number of hydrogen-bond donors (Lipinski definition) is 0. The molecule has 2 heterocycles. The zero-order valence-corrected chi connectivity index (χ0v) is 24.3. The molecule has 0 aromatic heterocycles. The van der Waals surface area contributed by atoms with Gasteiger partial charge in [0, 0.05) is 43.4 Å². The van der Waals surface area contributed by atoms with E-state index in [1.54, 1.807) is 51.7 Å². The SMILES string of the molecule is COc1ccc(/C=C/C(=O)N2C[C@H]3CCN(C(=O)c4ccc(Cc5ccc(F)cc5)cc4)CC[C@H]3C2)c(OC)c1OC. The maximum absolute atomic E-state index is 13.3. The Hall–Kier alpha value is -4.33. The molecule has 0 radical (unpaired) electrons. The molecule has 2 saturated heterocycles. The van der Waals surface area contributed by atoms with Crippen molar-refractivity contribution in [3.63, 3.8) is 0 Å². The fraction of sp³-hybridized carbons (Fsp3) is 0.353. The van der Waals surface area contributed by atoms with Crippen LogP contribution >= 0.6 is 0 Å². The maximum Gasteiger partial charge on any atom is 0.253 e. The zero-order chi connectivity index (χ0) is 29.6. The fourth-order valence-corrected chi connectivity index (χ4v) is 6.04. The molecule has 0 bridgehead atoms. The summed E-state index contributed by atoms with van der Waals surface area (Å²) in [4.78, 5) is 30.3. The van der Waals surface area contributed by atoms with Gasteiger partial charge in [0.2, 0.25) is 11.7 Å². The van der Waals surface area contributed by atoms with Crippen molar-refractivity contribution in [1.29, 1.82) is 0 Å². The Kier molecular flexibility index (Phi) is 9.10. The molecule has 2 aliphatic rings. The number of benzene rings is 3. The van der Waals surface area contributed by atoms with Gasteiger partial charge < -0.3 is 24.0 Å². The molecule has 2 fully saturated rings. The summed E-state index contributed by atoms with van der Waals surface area (Å²) in [6, 6.07) is 17.8. The number of carbonyl (C=O) groups excluding carboxylic acids is 2. The smallest absolute Gasteiger partial charge is 0.253 e. The molecule has 7 nitrogen and oxygen atoms in total. The number of fused-ring (bicyclic) bond motifs is 1. The van der Waals surface area contributed by atoms with Crippen LogP contribution in [0.2, 0.25) is 0 Å². The number of rotatable bonds is 8. The molecule has 0 unspecified atom stereocenters. The molecule has 3 aromatic rings. The summed E-state index contributed by atoms with van der Waals surface area (Å²) in [6.07, 6.45) is 5.77. The van der Waals surface area contributed by atoms with E-state index in [2.05, 4.69) is 0 Å². The lowest BCUT2D eigenvalue weighted by Gasteiger charge is -2.22. The molecule has 220 valence electrons. The number of likely N-dealkylation sites (tertiary alicyclic amines) is 2. The van der Waals surface area contributed by atoms with Gasteiger partial charge in [-0.2, -0.15) is 0 Å². The van der Waals surface area contributed by atoms with E-state index in [1.165, 1.54) is 12.1 Å². The van der Waals surface area contributed by atoms with Crippen LogP contribution in [0.15, 0.2) is 66.7 Å². The number of carbonyl (C=O) groups is 2. The van der Waals surface area contributed by atoms with Crippen molar-refractivity contribution in [3.05, 3.63) is 94.8 Å². The van der Waals surface area contributed by atoms with E-state index in [1.807, 2.05) is 40.1 Å². The molecule has 0 aliphatic carbocycles. The van der Waals surface area contributed by atoms with Crippen LogP contribution in [0.1, 0.15) is 39.9 Å². The summed E-state index contributed by atoms with van der Waals surface area (Å²) in [6.45, 7) is 2.74. The molecule has 2 amide bonds. The summed E-state index contributed by atoms with van der Waals surface area (Å²) in [5.41, 5.74) is 3.51. The monoisotopic (exact) mass is 572 g/mol. The van der Waals surface area contributed by atoms with Crippen LogP contribution in [0.4, 0.5) is 4.39 Å². The highest BCUT2D eigenvalue weighted by atomic mass is 19.1. The van der Waals surface area contributed by atoms with E-state index in [-0.39, 0.29) is 17.6 Å². The van der Waals surface area contributed by atoms with Crippen molar-refractivity contribution in [1.82, 2.24) is 9.80 Å². The molecular weight excluding hydrogens is 535 g/mol. The van der Waals surface area contributed by atoms with E-state index in [0.29, 0.717) is 67.2 Å². The Morgan fingerprint density at radius 3 is 1.95 bits per heavy atom. The Morgan fingerprint density at radius 2 is 1.38 bits per heavy atom. The minimum Gasteiger partial charge on any atom is -0.493 e. The van der Waals surface area contributed by atoms with Crippen LogP contribution in [-0.2, 0) is 11.2 Å². The van der Waals surface area contributed by atoms with Gasteiger partial charge in [0.15, 0.2) is 11.5 Å². The van der Waals surface area contributed by atoms with E-state index in [0.717, 1.165) is 29.5 Å². The molecule has 0 saturated carbocycles. The lowest BCUT2D eigenvalue weighted by molar-refractivity contribution is -0.125. The molecule has 3 aromatic carbocycles. The lowest BCUT2D eigenvalue weighted by atomic mass is 9.92. The molecular formula is C34H37FN2O5. The summed E-state index contributed by atoms with van der Waals surface area (Å²) in [7, 11) is 4.68. The van der Waals surface area contributed by atoms with Crippen molar-refractivity contribution in [2.45, 2.75) is 19.3 Å². The Bertz CT molecular complexity index is 1420. The largest absolute Gasteiger partial charge is 0.493 e. The van der Waals surface area contributed by atoms with Crippen molar-refractivity contribution in [2.24, 2.45) is 11.8 Å². The average Bonchev–Trinajstić information content (AvgIpc) is 3.33. The van der Waals surface area contributed by atoms with Crippen molar-refractivity contribution in [3.8, 4) is 17.2 Å². The van der Waals surface area contributed by atoms with Crippen molar-refractivity contribution < 1.29 is 28.2 Å². The topological polar surface area (TPSA) is 68.3 Å². The average molecular weight is 573 g/mol. The number of nitrogens with zero attached hydrogens (tertiary/aromatic N) is 2. The van der Waals surface area contributed by atoms with Gasteiger partial charge in [-0.15, -0.1) is 0 Å². The zero-order valence-electron chi connectivity index (χ0n) is 24.3. The third-order valence-electron chi connectivity index (χ3n) is 8.38. The summed E-state index contributed by atoms with van der Waals surface area (Å²) in [5.74, 6) is 2.06. The number of amides is 2. The molecule has 0 spiro atoms. The molecule has 0 N–H and O–H groups in total. The van der Waals surface area contributed by atoms with Crippen molar-refractivity contribution >= 4 is 17.9 Å². The fourth-order valence-electron chi connectivity index (χ4n) is 6.04. The van der Waals surface area contributed by atoms with Crippen LogP contribution in [0.5, 0.6) is 17.2 Å². The number of hydrogen-bond acceptors (Lipinski definition) is 5. The van der Waals surface area contributed by atoms with E-state index >= 15 is 0 Å². The predicted octanol–water partition coefficient (Wildman–Crippen LogP) is 5.47. The first-order chi connectivity index (χ1) is 20.4. The third-order valence-corrected chi connectivity index (χ3v) is 8.38. The number of ether oxygens (including phenoxy) is 3. The minimum atomic E-state index is -0.246.